The lowest BCUT2D eigenvalue weighted by atomic mass is 10.1. The van der Waals surface area contributed by atoms with Crippen molar-refractivity contribution in [2.45, 2.75) is 38.1 Å². The number of hydrogen-bond acceptors (Lipinski definition) is 10. The van der Waals surface area contributed by atoms with Gasteiger partial charge in [-0.15, -0.1) is 11.8 Å². The van der Waals surface area contributed by atoms with Gasteiger partial charge in [0.2, 0.25) is 11.8 Å². The summed E-state index contributed by atoms with van der Waals surface area (Å²) in [7, 11) is 0. The monoisotopic (exact) mass is 380 g/mol. The van der Waals surface area contributed by atoms with Crippen LogP contribution in [0.25, 0.3) is 0 Å². The fourth-order valence-electron chi connectivity index (χ4n) is 1.36. The van der Waals surface area contributed by atoms with Gasteiger partial charge in [-0.25, -0.2) is 9.59 Å². The van der Waals surface area contributed by atoms with E-state index in [-0.39, 0.29) is 17.5 Å². The van der Waals surface area contributed by atoms with Crippen LogP contribution in [0.2, 0.25) is 0 Å². The number of rotatable bonds is 10. The van der Waals surface area contributed by atoms with Crippen LogP contribution in [-0.4, -0.2) is 76.4 Å². The molecule has 0 radical (unpaired) electrons. The zero-order valence-electron chi connectivity index (χ0n) is 13.9. The maximum atomic E-state index is 11.9. The molecule has 0 aliphatic carbocycles. The molecule has 0 heterocycles. The summed E-state index contributed by atoms with van der Waals surface area (Å²) in [5.41, 5.74) is 10.9. The van der Waals surface area contributed by atoms with Crippen LogP contribution in [0.1, 0.15) is 13.8 Å². The third-order valence-corrected chi connectivity index (χ3v) is 3.74. The van der Waals surface area contributed by atoms with E-state index in [9.17, 15) is 24.3 Å². The summed E-state index contributed by atoms with van der Waals surface area (Å²) >= 11 is 1.14. The standard InChI is InChI=1S/C13H24N4O7S/c1-6(19)10(17-11(21)8(14)3-18)13(23)24-12(22)9(15)4-25-5-16-7(2)20/h6,8-10,18-19H,3-5,14-15H2,1-2H3,(H,16,20)(H,17,21)/t6-,8+,9+,10+/m1/s1. The molecular weight excluding hydrogens is 356 g/mol. The zero-order valence-corrected chi connectivity index (χ0v) is 14.7. The molecule has 0 aliphatic rings. The first kappa shape index (κ1) is 23.3. The van der Waals surface area contributed by atoms with Gasteiger partial charge in [-0.3, -0.25) is 9.59 Å². The first-order valence-corrected chi connectivity index (χ1v) is 8.43. The Morgan fingerprint density at radius 3 is 2.24 bits per heavy atom. The van der Waals surface area contributed by atoms with Gasteiger partial charge in [-0.1, -0.05) is 0 Å². The number of amides is 2. The summed E-state index contributed by atoms with van der Waals surface area (Å²) < 4.78 is 4.55. The van der Waals surface area contributed by atoms with E-state index in [0.29, 0.717) is 0 Å². The van der Waals surface area contributed by atoms with E-state index in [1.807, 2.05) is 0 Å². The van der Waals surface area contributed by atoms with Crippen LogP contribution in [0, 0.1) is 0 Å². The molecule has 25 heavy (non-hydrogen) atoms. The SMILES string of the molecule is CC(=O)NCSC[C@H](N)C(=O)OC(=O)[C@@H](NC(=O)[C@@H](N)CO)[C@@H](C)O. The first-order chi connectivity index (χ1) is 11.6. The topological polar surface area (TPSA) is 194 Å². The molecular formula is C13H24N4O7S. The highest BCUT2D eigenvalue weighted by atomic mass is 32.2. The Labute approximate surface area is 148 Å². The number of nitrogens with two attached hydrogens (primary N) is 2. The fourth-order valence-corrected chi connectivity index (χ4v) is 2.18. The molecule has 0 saturated heterocycles. The van der Waals surface area contributed by atoms with E-state index in [1.54, 1.807) is 0 Å². The van der Waals surface area contributed by atoms with Crippen molar-refractivity contribution in [3.63, 3.8) is 0 Å². The number of carbonyl (C=O) groups excluding carboxylic acids is 4. The molecule has 0 aromatic heterocycles. The molecule has 11 nitrogen and oxygen atoms in total. The van der Waals surface area contributed by atoms with Crippen molar-refractivity contribution in [1.29, 1.82) is 0 Å². The van der Waals surface area contributed by atoms with Crippen LogP contribution < -0.4 is 22.1 Å². The Morgan fingerprint density at radius 1 is 1.16 bits per heavy atom. The van der Waals surface area contributed by atoms with Crippen molar-refractivity contribution in [2.24, 2.45) is 11.5 Å². The number of thioether (sulfide) groups is 1. The Bertz CT molecular complexity index is 489. The average Bonchev–Trinajstić information content (AvgIpc) is 2.54. The molecule has 0 saturated carbocycles. The molecule has 4 atom stereocenters. The van der Waals surface area contributed by atoms with E-state index >= 15 is 0 Å². The van der Waals surface area contributed by atoms with Gasteiger partial charge in [0.25, 0.3) is 0 Å². The predicted octanol–water partition coefficient (Wildman–Crippen LogP) is -3.60. The van der Waals surface area contributed by atoms with Crippen molar-refractivity contribution in [3.8, 4) is 0 Å². The molecule has 12 heteroatoms. The summed E-state index contributed by atoms with van der Waals surface area (Å²) in [5.74, 6) is -3.08. The number of esters is 2. The van der Waals surface area contributed by atoms with Gasteiger partial charge in [0.1, 0.15) is 12.1 Å². The van der Waals surface area contributed by atoms with E-state index in [4.69, 9.17) is 16.6 Å². The molecule has 0 aliphatic heterocycles. The van der Waals surface area contributed by atoms with Crippen LogP contribution >= 0.6 is 11.8 Å². The summed E-state index contributed by atoms with van der Waals surface area (Å²) in [6.07, 6.45) is -1.37. The van der Waals surface area contributed by atoms with Gasteiger partial charge >= 0.3 is 11.9 Å². The summed E-state index contributed by atoms with van der Waals surface area (Å²) in [6.45, 7) is 1.87. The second kappa shape index (κ2) is 11.8. The van der Waals surface area contributed by atoms with Gasteiger partial charge in [0.05, 0.1) is 18.6 Å². The van der Waals surface area contributed by atoms with E-state index in [2.05, 4.69) is 15.4 Å². The third-order valence-electron chi connectivity index (χ3n) is 2.79. The van der Waals surface area contributed by atoms with Gasteiger partial charge in [-0.2, -0.15) is 0 Å². The summed E-state index contributed by atoms with van der Waals surface area (Å²) in [6, 6.07) is -3.99. The minimum atomic E-state index is -1.55. The van der Waals surface area contributed by atoms with Crippen molar-refractivity contribution in [3.05, 3.63) is 0 Å². The number of nitrogens with one attached hydrogen (secondary N) is 2. The van der Waals surface area contributed by atoms with Gasteiger partial charge in [0.15, 0.2) is 6.04 Å². The molecule has 2 amide bonds. The molecule has 8 N–H and O–H groups in total. The molecule has 0 spiro atoms. The highest BCUT2D eigenvalue weighted by Gasteiger charge is 2.31. The van der Waals surface area contributed by atoms with Gasteiger partial charge in [0, 0.05) is 12.7 Å². The number of aliphatic hydroxyl groups is 2. The van der Waals surface area contributed by atoms with Crippen molar-refractivity contribution < 1.29 is 34.1 Å². The van der Waals surface area contributed by atoms with Gasteiger partial charge in [-0.05, 0) is 6.92 Å². The quantitative estimate of drug-likeness (QED) is 0.0953. The summed E-state index contributed by atoms with van der Waals surface area (Å²) in [5, 5.41) is 22.9. The lowest BCUT2D eigenvalue weighted by Gasteiger charge is -2.21. The molecule has 0 bridgehead atoms. The second-order valence-corrected chi connectivity index (χ2v) is 6.14. The van der Waals surface area contributed by atoms with Crippen molar-refractivity contribution in [2.75, 3.05) is 18.2 Å². The van der Waals surface area contributed by atoms with Crippen LogP contribution in [0.4, 0.5) is 0 Å². The second-order valence-electron chi connectivity index (χ2n) is 5.11. The molecule has 144 valence electrons. The molecule has 0 rings (SSSR count). The Hall–Kier alpha value is -1.73. The summed E-state index contributed by atoms with van der Waals surface area (Å²) in [4.78, 5) is 46.0. The lowest BCUT2D eigenvalue weighted by molar-refractivity contribution is -0.164. The predicted molar refractivity (Wildman–Crippen MR) is 88.9 cm³/mol. The van der Waals surface area contributed by atoms with Crippen molar-refractivity contribution in [1.82, 2.24) is 10.6 Å². The third kappa shape index (κ3) is 9.36. The Balaban J connectivity index is 4.55. The highest BCUT2D eigenvalue weighted by molar-refractivity contribution is 7.99. The fraction of sp³-hybridized carbons (Fsp3) is 0.692. The number of aliphatic hydroxyl groups excluding tert-OH is 2. The number of ether oxygens (including phenoxy) is 1. The average molecular weight is 380 g/mol. The van der Waals surface area contributed by atoms with Gasteiger partial charge < -0.3 is 37.1 Å². The molecule has 0 aromatic carbocycles. The normalized spacial score (nSPS) is 15.4. The minimum absolute atomic E-state index is 0.0769. The van der Waals surface area contributed by atoms with Crippen LogP contribution in [0.3, 0.4) is 0 Å². The number of hydrogen-bond donors (Lipinski definition) is 6. The van der Waals surface area contributed by atoms with Crippen LogP contribution in [0.15, 0.2) is 0 Å². The van der Waals surface area contributed by atoms with Crippen LogP contribution in [-0.2, 0) is 23.9 Å². The molecule has 0 aromatic rings. The van der Waals surface area contributed by atoms with Crippen molar-refractivity contribution >= 4 is 35.5 Å². The maximum absolute atomic E-state index is 11.9. The first-order valence-electron chi connectivity index (χ1n) is 7.28. The maximum Gasteiger partial charge on any atom is 0.339 e. The van der Waals surface area contributed by atoms with E-state index in [0.717, 1.165) is 11.8 Å². The van der Waals surface area contributed by atoms with E-state index in [1.165, 1.54) is 13.8 Å². The minimum Gasteiger partial charge on any atom is -0.394 e. The molecule has 0 unspecified atom stereocenters. The lowest BCUT2D eigenvalue weighted by Crippen LogP contribution is -2.55. The molecule has 0 fully saturated rings. The smallest absolute Gasteiger partial charge is 0.339 e. The Morgan fingerprint density at radius 2 is 1.76 bits per heavy atom. The Kier molecular flexibility index (Phi) is 10.9. The zero-order chi connectivity index (χ0) is 19.6. The highest BCUT2D eigenvalue weighted by Crippen LogP contribution is 2.04. The van der Waals surface area contributed by atoms with Crippen LogP contribution in [0.5, 0.6) is 0 Å². The number of carbonyl (C=O) groups is 4. The largest absolute Gasteiger partial charge is 0.394 e. The van der Waals surface area contributed by atoms with E-state index < -0.39 is 48.7 Å².